The molecule has 0 bridgehead atoms. The molecule has 5 heteroatoms. The van der Waals surface area contributed by atoms with Gasteiger partial charge in [0, 0.05) is 29.3 Å². The van der Waals surface area contributed by atoms with Gasteiger partial charge in [-0.25, -0.2) is 4.39 Å². The van der Waals surface area contributed by atoms with Gasteiger partial charge in [-0.3, -0.25) is 0 Å². The van der Waals surface area contributed by atoms with Crippen LogP contribution in [-0.4, -0.2) is 21.9 Å². The molecule has 2 aliphatic heterocycles. The number of methoxy groups -OCH3 is 1. The van der Waals surface area contributed by atoms with Crippen molar-refractivity contribution in [3.63, 3.8) is 0 Å². The van der Waals surface area contributed by atoms with E-state index in [4.69, 9.17) is 4.74 Å². The molecule has 4 nitrogen and oxygen atoms in total. The van der Waals surface area contributed by atoms with E-state index < -0.39 is 0 Å². The minimum atomic E-state index is -0.271. The number of hydrogen-bond donors (Lipinski definition) is 0. The van der Waals surface area contributed by atoms with Crippen molar-refractivity contribution >= 4 is 10.9 Å². The summed E-state index contributed by atoms with van der Waals surface area (Å²) in [5.41, 5.74) is 6.80. The molecular formula is C25H20FN3O. The summed E-state index contributed by atoms with van der Waals surface area (Å²) in [7, 11) is 1.66. The lowest BCUT2D eigenvalue weighted by molar-refractivity contribution is 0.415. The van der Waals surface area contributed by atoms with E-state index in [0.717, 1.165) is 39.2 Å². The SMILES string of the molecule is COc1ccc2c(c1)c1nnc(-c3ccc(F)cc3)c-1cn2Cc1ccc(C)cc1. The van der Waals surface area contributed by atoms with E-state index in [-0.39, 0.29) is 5.82 Å². The molecule has 30 heavy (non-hydrogen) atoms. The van der Waals surface area contributed by atoms with Crippen molar-refractivity contribution in [1.29, 1.82) is 0 Å². The Bertz CT molecular complexity index is 1310. The molecule has 0 saturated carbocycles. The largest absolute Gasteiger partial charge is 0.497 e. The molecule has 0 aliphatic carbocycles. The van der Waals surface area contributed by atoms with Crippen LogP contribution in [0.25, 0.3) is 33.4 Å². The smallest absolute Gasteiger partial charge is 0.123 e. The Morgan fingerprint density at radius 1 is 0.900 bits per heavy atom. The van der Waals surface area contributed by atoms with Crippen molar-refractivity contribution < 1.29 is 9.13 Å². The molecule has 148 valence electrons. The van der Waals surface area contributed by atoms with Crippen molar-refractivity contribution in [1.82, 2.24) is 14.8 Å². The quantitative estimate of drug-likeness (QED) is 0.390. The number of fused-ring (bicyclic) bond motifs is 3. The van der Waals surface area contributed by atoms with Crippen LogP contribution in [0.5, 0.6) is 5.75 Å². The summed E-state index contributed by atoms with van der Waals surface area (Å²) in [6.45, 7) is 2.80. The van der Waals surface area contributed by atoms with Crippen molar-refractivity contribution in [2.45, 2.75) is 13.5 Å². The van der Waals surface area contributed by atoms with Crippen LogP contribution in [0, 0.1) is 12.7 Å². The summed E-state index contributed by atoms with van der Waals surface area (Å²) >= 11 is 0. The third kappa shape index (κ3) is 3.18. The second-order valence-corrected chi connectivity index (χ2v) is 7.44. The van der Waals surface area contributed by atoms with Crippen molar-refractivity contribution in [2.75, 3.05) is 7.11 Å². The fourth-order valence-corrected chi connectivity index (χ4v) is 3.79. The lowest BCUT2D eigenvalue weighted by atomic mass is 10.0. The molecule has 0 amide bonds. The number of nitrogens with zero attached hydrogens (tertiary/aromatic N) is 3. The normalized spacial score (nSPS) is 11.3. The molecule has 0 fully saturated rings. The van der Waals surface area contributed by atoms with Gasteiger partial charge in [0.2, 0.25) is 0 Å². The number of benzene rings is 3. The van der Waals surface area contributed by atoms with Gasteiger partial charge in [-0.2, -0.15) is 0 Å². The zero-order valence-corrected chi connectivity index (χ0v) is 16.8. The monoisotopic (exact) mass is 397 g/mol. The van der Waals surface area contributed by atoms with Gasteiger partial charge < -0.3 is 9.30 Å². The second-order valence-electron chi connectivity index (χ2n) is 7.44. The lowest BCUT2D eigenvalue weighted by Crippen LogP contribution is -2.04. The van der Waals surface area contributed by atoms with Crippen LogP contribution in [0.3, 0.4) is 0 Å². The lowest BCUT2D eigenvalue weighted by Gasteiger charge is -2.16. The Kier molecular flexibility index (Phi) is 4.43. The van der Waals surface area contributed by atoms with Crippen LogP contribution in [-0.2, 0) is 6.54 Å². The van der Waals surface area contributed by atoms with Gasteiger partial charge in [0.05, 0.1) is 12.6 Å². The molecule has 0 aromatic heterocycles. The highest BCUT2D eigenvalue weighted by Gasteiger charge is 2.20. The van der Waals surface area contributed by atoms with Gasteiger partial charge in [0.1, 0.15) is 23.0 Å². The second kappa shape index (κ2) is 7.26. The predicted molar refractivity (Wildman–Crippen MR) is 116 cm³/mol. The number of aromatic nitrogens is 3. The molecule has 0 atom stereocenters. The first-order chi connectivity index (χ1) is 14.6. The zero-order valence-electron chi connectivity index (χ0n) is 16.8. The molecule has 3 aromatic rings. The summed E-state index contributed by atoms with van der Waals surface area (Å²) in [6.07, 6.45) is 2.09. The van der Waals surface area contributed by atoms with Gasteiger partial charge in [-0.15, -0.1) is 10.2 Å². The zero-order chi connectivity index (χ0) is 20.7. The minimum absolute atomic E-state index is 0.271. The molecular weight excluding hydrogens is 377 g/mol. The summed E-state index contributed by atoms with van der Waals surface area (Å²) in [5, 5.41) is 9.87. The molecule has 0 radical (unpaired) electrons. The predicted octanol–water partition coefficient (Wildman–Crippen LogP) is 5.71. The summed E-state index contributed by atoms with van der Waals surface area (Å²) in [6, 6.07) is 20.9. The van der Waals surface area contributed by atoms with E-state index in [2.05, 4.69) is 52.2 Å². The summed E-state index contributed by atoms with van der Waals surface area (Å²) in [5.74, 6) is 0.496. The average Bonchev–Trinajstić information content (AvgIpc) is 3.19. The molecule has 2 heterocycles. The van der Waals surface area contributed by atoms with E-state index in [1.807, 2.05) is 18.2 Å². The molecule has 0 unspecified atom stereocenters. The van der Waals surface area contributed by atoms with Gasteiger partial charge in [-0.1, -0.05) is 29.8 Å². The third-order valence-electron chi connectivity index (χ3n) is 5.40. The Morgan fingerprint density at radius 3 is 2.37 bits per heavy atom. The van der Waals surface area contributed by atoms with Crippen LogP contribution in [0.15, 0.2) is 72.9 Å². The number of aryl methyl sites for hydroxylation is 1. The number of hydrogen-bond acceptors (Lipinski definition) is 3. The van der Waals surface area contributed by atoms with Crippen molar-refractivity contribution in [2.24, 2.45) is 0 Å². The van der Waals surface area contributed by atoms with Crippen LogP contribution in [0.2, 0.25) is 0 Å². The van der Waals surface area contributed by atoms with Crippen LogP contribution >= 0.6 is 0 Å². The maximum absolute atomic E-state index is 13.4. The minimum Gasteiger partial charge on any atom is -0.497 e. The molecule has 0 N–H and O–H groups in total. The van der Waals surface area contributed by atoms with Gasteiger partial charge >= 0.3 is 0 Å². The number of pyridine rings is 1. The van der Waals surface area contributed by atoms with Crippen LogP contribution in [0.4, 0.5) is 4.39 Å². The molecule has 2 aliphatic rings. The third-order valence-corrected chi connectivity index (χ3v) is 5.40. The van der Waals surface area contributed by atoms with Crippen LogP contribution < -0.4 is 4.74 Å². The van der Waals surface area contributed by atoms with E-state index in [0.29, 0.717) is 6.54 Å². The topological polar surface area (TPSA) is 39.9 Å². The van der Waals surface area contributed by atoms with Gasteiger partial charge in [0.15, 0.2) is 0 Å². The average molecular weight is 397 g/mol. The highest BCUT2D eigenvalue weighted by molar-refractivity contribution is 5.98. The fourth-order valence-electron chi connectivity index (χ4n) is 3.79. The first kappa shape index (κ1) is 18.3. The Labute approximate surface area is 173 Å². The highest BCUT2D eigenvalue weighted by Crippen LogP contribution is 2.38. The molecule has 5 rings (SSSR count). The van der Waals surface area contributed by atoms with Crippen LogP contribution in [0.1, 0.15) is 11.1 Å². The van der Waals surface area contributed by atoms with E-state index in [9.17, 15) is 4.39 Å². The Balaban J connectivity index is 1.73. The van der Waals surface area contributed by atoms with E-state index >= 15 is 0 Å². The number of ether oxygens (including phenoxy) is 1. The maximum atomic E-state index is 13.4. The first-order valence-electron chi connectivity index (χ1n) is 9.77. The van der Waals surface area contributed by atoms with Crippen molar-refractivity contribution in [3.05, 3.63) is 89.9 Å². The standard InChI is InChI=1S/C25H20FN3O/c1-16-3-5-17(6-4-16)14-29-15-22-24(18-7-9-19(26)10-8-18)27-28-25(22)21-13-20(30-2)11-12-23(21)29/h3-13,15H,14H2,1-2H3. The fraction of sp³-hybridized carbons (Fsp3) is 0.120. The molecule has 0 spiro atoms. The maximum Gasteiger partial charge on any atom is 0.123 e. The van der Waals surface area contributed by atoms with E-state index in [1.165, 1.54) is 23.3 Å². The van der Waals surface area contributed by atoms with Gasteiger partial charge in [-0.05, 0) is 55.0 Å². The molecule has 3 aromatic carbocycles. The highest BCUT2D eigenvalue weighted by atomic mass is 19.1. The summed E-state index contributed by atoms with van der Waals surface area (Å²) in [4.78, 5) is 0. The Hall–Kier alpha value is -3.73. The Morgan fingerprint density at radius 2 is 1.63 bits per heavy atom. The number of halogens is 1. The van der Waals surface area contributed by atoms with Crippen molar-refractivity contribution in [3.8, 4) is 28.3 Å². The summed E-state index contributed by atoms with van der Waals surface area (Å²) < 4.78 is 21.1. The molecule has 0 saturated heterocycles. The van der Waals surface area contributed by atoms with Gasteiger partial charge in [0.25, 0.3) is 0 Å². The first-order valence-corrected chi connectivity index (χ1v) is 9.77. The number of rotatable bonds is 4. The van der Waals surface area contributed by atoms with E-state index in [1.54, 1.807) is 19.2 Å².